The van der Waals surface area contributed by atoms with Crippen molar-refractivity contribution in [3.8, 4) is 12.3 Å². The van der Waals surface area contributed by atoms with Gasteiger partial charge in [-0.05, 0) is 45.4 Å². The first-order valence-corrected chi connectivity index (χ1v) is 5.60. The van der Waals surface area contributed by atoms with Crippen LogP contribution in [-0.2, 0) is 0 Å². The normalized spacial score (nSPS) is 12.1. The fraction of sp³-hybridized carbons (Fsp3) is 0.538. The van der Waals surface area contributed by atoms with E-state index in [1.807, 2.05) is 20.9 Å². The van der Waals surface area contributed by atoms with Crippen LogP contribution in [0.15, 0.2) is 6.07 Å². The molecule has 0 aromatic carbocycles. The molecule has 0 aliphatic carbocycles. The smallest absolute Gasteiger partial charge is 0.0648 e. The van der Waals surface area contributed by atoms with Gasteiger partial charge < -0.3 is 5.32 Å². The van der Waals surface area contributed by atoms with Crippen LogP contribution in [0.4, 0.5) is 0 Å². The SMILES string of the molecule is C#CCCCC(NC)c1cc(C)nnc1C. The number of nitrogens with one attached hydrogen (secondary N) is 1. The Balaban J connectivity index is 2.78. The van der Waals surface area contributed by atoms with Crippen molar-refractivity contribution >= 4 is 0 Å². The molecule has 0 radical (unpaired) electrons. The second-order valence-corrected chi connectivity index (χ2v) is 3.96. The molecule has 1 aromatic heterocycles. The minimum absolute atomic E-state index is 0.322. The zero-order chi connectivity index (χ0) is 12.0. The van der Waals surface area contributed by atoms with Gasteiger partial charge in [-0.3, -0.25) is 0 Å². The molecule has 0 fully saturated rings. The summed E-state index contributed by atoms with van der Waals surface area (Å²) in [4.78, 5) is 0. The summed E-state index contributed by atoms with van der Waals surface area (Å²) in [5.74, 6) is 2.67. The quantitative estimate of drug-likeness (QED) is 0.606. The summed E-state index contributed by atoms with van der Waals surface area (Å²) in [6, 6.07) is 2.42. The maximum atomic E-state index is 5.26. The molecule has 0 aliphatic rings. The topological polar surface area (TPSA) is 37.8 Å². The van der Waals surface area contributed by atoms with Gasteiger partial charge in [0.25, 0.3) is 0 Å². The van der Waals surface area contributed by atoms with Crippen molar-refractivity contribution in [1.29, 1.82) is 0 Å². The third-order valence-electron chi connectivity index (χ3n) is 2.68. The highest BCUT2D eigenvalue weighted by Gasteiger charge is 2.12. The number of unbranched alkanes of at least 4 members (excludes halogenated alkanes) is 1. The lowest BCUT2D eigenvalue weighted by Gasteiger charge is -2.17. The van der Waals surface area contributed by atoms with Gasteiger partial charge >= 0.3 is 0 Å². The lowest BCUT2D eigenvalue weighted by atomic mass is 10.00. The lowest BCUT2D eigenvalue weighted by Crippen LogP contribution is -2.18. The maximum absolute atomic E-state index is 5.26. The monoisotopic (exact) mass is 217 g/mol. The fourth-order valence-corrected chi connectivity index (χ4v) is 1.79. The highest BCUT2D eigenvalue weighted by atomic mass is 15.1. The zero-order valence-electron chi connectivity index (χ0n) is 10.2. The second-order valence-electron chi connectivity index (χ2n) is 3.96. The van der Waals surface area contributed by atoms with Crippen LogP contribution in [0.5, 0.6) is 0 Å². The number of hydrogen-bond acceptors (Lipinski definition) is 3. The first kappa shape index (κ1) is 12.7. The largest absolute Gasteiger partial charge is 0.313 e. The molecule has 1 heterocycles. The van der Waals surface area contributed by atoms with Crippen molar-refractivity contribution in [3.05, 3.63) is 23.0 Å². The van der Waals surface area contributed by atoms with Gasteiger partial charge in [-0.1, -0.05) is 0 Å². The molecule has 1 rings (SSSR count). The summed E-state index contributed by atoms with van der Waals surface area (Å²) < 4.78 is 0. The molecule has 3 nitrogen and oxygen atoms in total. The van der Waals surface area contributed by atoms with Crippen LogP contribution >= 0.6 is 0 Å². The first-order chi connectivity index (χ1) is 7.69. The predicted molar refractivity (Wildman–Crippen MR) is 66.0 cm³/mol. The Labute approximate surface area is 97.7 Å². The fourth-order valence-electron chi connectivity index (χ4n) is 1.79. The molecule has 0 amide bonds. The van der Waals surface area contributed by atoms with Gasteiger partial charge in [0.15, 0.2) is 0 Å². The molecule has 0 saturated carbocycles. The number of terminal acetylenes is 1. The standard InChI is InChI=1S/C13H19N3/c1-5-6-7-8-13(14-4)12-9-10(2)15-16-11(12)3/h1,9,13-14H,6-8H2,2-4H3. The summed E-state index contributed by atoms with van der Waals surface area (Å²) in [5, 5.41) is 11.5. The molecule has 3 heteroatoms. The highest BCUT2D eigenvalue weighted by Crippen LogP contribution is 2.21. The van der Waals surface area contributed by atoms with E-state index in [0.29, 0.717) is 6.04 Å². The van der Waals surface area contributed by atoms with Crippen molar-refractivity contribution in [2.45, 2.75) is 39.2 Å². The second kappa shape index (κ2) is 6.24. The first-order valence-electron chi connectivity index (χ1n) is 5.60. The maximum Gasteiger partial charge on any atom is 0.0648 e. The van der Waals surface area contributed by atoms with Crippen LogP contribution < -0.4 is 5.32 Å². The van der Waals surface area contributed by atoms with E-state index in [2.05, 4.69) is 27.5 Å². The highest BCUT2D eigenvalue weighted by molar-refractivity contribution is 5.23. The van der Waals surface area contributed by atoms with Gasteiger partial charge in [0.2, 0.25) is 0 Å². The molecule has 1 unspecified atom stereocenters. The van der Waals surface area contributed by atoms with E-state index in [1.54, 1.807) is 0 Å². The van der Waals surface area contributed by atoms with E-state index in [0.717, 1.165) is 30.7 Å². The molecular formula is C13H19N3. The predicted octanol–water partition coefficient (Wildman–Crippen LogP) is 2.16. The number of aryl methyl sites for hydroxylation is 2. The van der Waals surface area contributed by atoms with E-state index in [9.17, 15) is 0 Å². The summed E-state index contributed by atoms with van der Waals surface area (Å²) in [6.07, 6.45) is 8.15. The Bertz CT molecular complexity index is 379. The van der Waals surface area contributed by atoms with Crippen molar-refractivity contribution in [1.82, 2.24) is 15.5 Å². The van der Waals surface area contributed by atoms with Crippen LogP contribution in [0.1, 0.15) is 42.3 Å². The molecule has 0 aliphatic heterocycles. The number of hydrogen-bond donors (Lipinski definition) is 1. The average molecular weight is 217 g/mol. The van der Waals surface area contributed by atoms with Gasteiger partial charge in [-0.2, -0.15) is 10.2 Å². The minimum Gasteiger partial charge on any atom is -0.313 e. The molecular weight excluding hydrogens is 198 g/mol. The van der Waals surface area contributed by atoms with Crippen LogP contribution in [0, 0.1) is 26.2 Å². The Morgan fingerprint density at radius 2 is 2.19 bits per heavy atom. The van der Waals surface area contributed by atoms with E-state index < -0.39 is 0 Å². The molecule has 0 bridgehead atoms. The summed E-state index contributed by atoms with van der Waals surface area (Å²) >= 11 is 0. The Hall–Kier alpha value is -1.40. The van der Waals surface area contributed by atoms with Crippen LogP contribution in [-0.4, -0.2) is 17.2 Å². The molecule has 0 saturated heterocycles. The minimum atomic E-state index is 0.322. The van der Waals surface area contributed by atoms with Gasteiger partial charge in [-0.25, -0.2) is 0 Å². The van der Waals surface area contributed by atoms with E-state index >= 15 is 0 Å². The van der Waals surface area contributed by atoms with E-state index in [1.165, 1.54) is 5.56 Å². The molecule has 86 valence electrons. The van der Waals surface area contributed by atoms with Crippen molar-refractivity contribution in [2.75, 3.05) is 7.05 Å². The zero-order valence-corrected chi connectivity index (χ0v) is 10.2. The third kappa shape index (κ3) is 3.32. The summed E-state index contributed by atoms with van der Waals surface area (Å²) in [7, 11) is 1.97. The Kier molecular flexibility index (Phi) is 4.94. The van der Waals surface area contributed by atoms with Crippen LogP contribution in [0.25, 0.3) is 0 Å². The van der Waals surface area contributed by atoms with E-state index in [-0.39, 0.29) is 0 Å². The van der Waals surface area contributed by atoms with E-state index in [4.69, 9.17) is 6.42 Å². The molecule has 1 aromatic rings. The molecule has 16 heavy (non-hydrogen) atoms. The van der Waals surface area contributed by atoms with Gasteiger partial charge in [0.1, 0.15) is 0 Å². The van der Waals surface area contributed by atoms with Gasteiger partial charge in [0, 0.05) is 12.5 Å². The number of nitrogens with zero attached hydrogens (tertiary/aromatic N) is 2. The molecule has 1 N–H and O–H groups in total. The van der Waals surface area contributed by atoms with Crippen LogP contribution in [0.3, 0.4) is 0 Å². The van der Waals surface area contributed by atoms with Crippen LogP contribution in [0.2, 0.25) is 0 Å². The Morgan fingerprint density at radius 3 is 2.81 bits per heavy atom. The molecule has 1 atom stereocenters. The summed E-state index contributed by atoms with van der Waals surface area (Å²) in [6.45, 7) is 3.96. The molecule has 0 spiro atoms. The number of rotatable bonds is 5. The lowest BCUT2D eigenvalue weighted by molar-refractivity contribution is 0.525. The van der Waals surface area contributed by atoms with Crippen molar-refractivity contribution in [3.63, 3.8) is 0 Å². The van der Waals surface area contributed by atoms with Gasteiger partial charge in [-0.15, -0.1) is 12.3 Å². The Morgan fingerprint density at radius 1 is 1.44 bits per heavy atom. The average Bonchev–Trinajstić information content (AvgIpc) is 2.28. The third-order valence-corrected chi connectivity index (χ3v) is 2.68. The summed E-state index contributed by atoms with van der Waals surface area (Å²) in [5.41, 5.74) is 3.18. The van der Waals surface area contributed by atoms with Crippen molar-refractivity contribution < 1.29 is 0 Å². The van der Waals surface area contributed by atoms with Gasteiger partial charge in [0.05, 0.1) is 11.4 Å². The number of aromatic nitrogens is 2. The van der Waals surface area contributed by atoms with Crippen molar-refractivity contribution in [2.24, 2.45) is 0 Å².